The van der Waals surface area contributed by atoms with Gasteiger partial charge < -0.3 is 19.9 Å². The Morgan fingerprint density at radius 2 is 2.00 bits per heavy atom. The molecule has 150 valence electrons. The van der Waals surface area contributed by atoms with Crippen LogP contribution in [0.1, 0.15) is 42.3 Å². The van der Waals surface area contributed by atoms with Crippen LogP contribution in [0.4, 0.5) is 0 Å². The highest BCUT2D eigenvalue weighted by atomic mass is 127. The van der Waals surface area contributed by atoms with Crippen molar-refractivity contribution in [2.75, 3.05) is 26.7 Å². The molecular weight excluding hydrogens is 455 g/mol. The Hall–Kier alpha value is -1.77. The minimum absolute atomic E-state index is 0. The summed E-state index contributed by atoms with van der Waals surface area (Å²) in [6.45, 7) is 10.4. The van der Waals surface area contributed by atoms with Crippen molar-refractivity contribution in [1.29, 1.82) is 0 Å². The average Bonchev–Trinajstić information content (AvgIpc) is 2.98. The number of ether oxygens (including phenoxy) is 1. The molecule has 1 aromatic heterocycles. The molecule has 2 rings (SSSR count). The van der Waals surface area contributed by atoms with Crippen LogP contribution in [-0.2, 0) is 6.42 Å². The lowest BCUT2D eigenvalue weighted by atomic mass is 10.00. The highest BCUT2D eigenvalue weighted by Gasteiger charge is 2.16. The summed E-state index contributed by atoms with van der Waals surface area (Å²) in [5.41, 5.74) is 3.28. The third-order valence-corrected chi connectivity index (χ3v) is 4.33. The number of halogens is 1. The second-order valence-corrected chi connectivity index (χ2v) is 6.35. The zero-order chi connectivity index (χ0) is 18.9. The maximum atomic E-state index is 5.40. The molecule has 2 N–H and O–H groups in total. The number of nitrogens with one attached hydrogen (secondary N) is 2. The molecular formula is C20H31IN4O2. The molecule has 1 atom stereocenters. The molecule has 0 amide bonds. The Morgan fingerprint density at radius 3 is 2.63 bits per heavy atom. The van der Waals surface area contributed by atoms with Gasteiger partial charge in [-0.2, -0.15) is 0 Å². The van der Waals surface area contributed by atoms with Crippen molar-refractivity contribution < 1.29 is 9.26 Å². The molecule has 1 aromatic carbocycles. The lowest BCUT2D eigenvalue weighted by Crippen LogP contribution is -2.38. The van der Waals surface area contributed by atoms with Gasteiger partial charge in [-0.05, 0) is 38.8 Å². The normalized spacial score (nSPS) is 12.3. The molecule has 0 saturated carbocycles. The first-order valence-electron chi connectivity index (χ1n) is 9.13. The molecule has 1 unspecified atom stereocenters. The van der Waals surface area contributed by atoms with Crippen LogP contribution < -0.4 is 15.4 Å². The number of benzene rings is 1. The molecule has 7 heteroatoms. The number of aliphatic imine (C=N–C) groups is 1. The van der Waals surface area contributed by atoms with E-state index in [1.54, 1.807) is 7.11 Å². The molecule has 27 heavy (non-hydrogen) atoms. The van der Waals surface area contributed by atoms with E-state index in [4.69, 9.17) is 14.3 Å². The van der Waals surface area contributed by atoms with Gasteiger partial charge in [0.25, 0.3) is 0 Å². The Bertz CT molecular complexity index is 711. The van der Waals surface area contributed by atoms with E-state index in [-0.39, 0.29) is 29.9 Å². The zero-order valence-electron chi connectivity index (χ0n) is 16.8. The molecule has 0 aliphatic heterocycles. The van der Waals surface area contributed by atoms with Crippen LogP contribution in [0.25, 0.3) is 0 Å². The summed E-state index contributed by atoms with van der Waals surface area (Å²) in [6.07, 6.45) is 0.869. The van der Waals surface area contributed by atoms with Crippen LogP contribution in [0.2, 0.25) is 0 Å². The smallest absolute Gasteiger partial charge is 0.191 e. The minimum atomic E-state index is 0. The van der Waals surface area contributed by atoms with E-state index < -0.39 is 0 Å². The first-order chi connectivity index (χ1) is 12.6. The molecule has 1 heterocycles. The number of hydrogen-bond donors (Lipinski definition) is 2. The molecule has 0 radical (unpaired) electrons. The SMILES string of the molecule is CCNC(=NCC(C)c1c(C)noc1C)NCCc1ccccc1OC.I. The van der Waals surface area contributed by atoms with Crippen LogP contribution >= 0.6 is 24.0 Å². The second-order valence-electron chi connectivity index (χ2n) is 6.35. The van der Waals surface area contributed by atoms with Gasteiger partial charge in [-0.15, -0.1) is 24.0 Å². The predicted molar refractivity (Wildman–Crippen MR) is 120 cm³/mol. The van der Waals surface area contributed by atoms with Gasteiger partial charge in [0.05, 0.1) is 12.8 Å². The van der Waals surface area contributed by atoms with Gasteiger partial charge >= 0.3 is 0 Å². The van der Waals surface area contributed by atoms with Crippen molar-refractivity contribution in [3.8, 4) is 5.75 Å². The summed E-state index contributed by atoms with van der Waals surface area (Å²) in [5, 5.41) is 10.7. The highest BCUT2D eigenvalue weighted by molar-refractivity contribution is 14.0. The minimum Gasteiger partial charge on any atom is -0.496 e. The van der Waals surface area contributed by atoms with Crippen LogP contribution in [0.5, 0.6) is 5.75 Å². The largest absolute Gasteiger partial charge is 0.496 e. The molecule has 0 spiro atoms. The van der Waals surface area contributed by atoms with E-state index >= 15 is 0 Å². The third kappa shape index (κ3) is 6.71. The summed E-state index contributed by atoms with van der Waals surface area (Å²) in [4.78, 5) is 4.72. The van der Waals surface area contributed by atoms with Gasteiger partial charge in [-0.25, -0.2) is 0 Å². The summed E-state index contributed by atoms with van der Waals surface area (Å²) < 4.78 is 10.7. The Morgan fingerprint density at radius 1 is 1.26 bits per heavy atom. The van der Waals surface area contributed by atoms with Gasteiger partial charge in [-0.1, -0.05) is 30.3 Å². The number of para-hydroxylation sites is 1. The van der Waals surface area contributed by atoms with Gasteiger partial charge in [0.1, 0.15) is 11.5 Å². The van der Waals surface area contributed by atoms with Gasteiger partial charge in [0.15, 0.2) is 5.96 Å². The van der Waals surface area contributed by atoms with Crippen molar-refractivity contribution in [2.45, 2.75) is 40.0 Å². The number of nitrogens with zero attached hydrogens (tertiary/aromatic N) is 2. The lowest BCUT2D eigenvalue weighted by molar-refractivity contribution is 0.391. The number of rotatable bonds is 8. The molecule has 0 aliphatic rings. The van der Waals surface area contributed by atoms with Crippen LogP contribution in [-0.4, -0.2) is 37.9 Å². The summed E-state index contributed by atoms with van der Waals surface area (Å²) in [5.74, 6) is 2.87. The summed E-state index contributed by atoms with van der Waals surface area (Å²) in [7, 11) is 1.70. The highest BCUT2D eigenvalue weighted by Crippen LogP contribution is 2.23. The maximum absolute atomic E-state index is 5.40. The fourth-order valence-electron chi connectivity index (χ4n) is 3.08. The standard InChI is InChI=1S/C20H30N4O2.HI/c1-6-21-20(22-12-11-17-9-7-8-10-18(17)25-5)23-13-14(2)19-15(3)24-26-16(19)4;/h7-10,14H,6,11-13H2,1-5H3,(H2,21,22,23);1H. The van der Waals surface area contributed by atoms with Gasteiger partial charge in [0, 0.05) is 31.1 Å². The van der Waals surface area contributed by atoms with Gasteiger partial charge in [0.2, 0.25) is 0 Å². The molecule has 0 saturated heterocycles. The first kappa shape index (κ1) is 23.3. The Balaban J connectivity index is 0.00000364. The maximum Gasteiger partial charge on any atom is 0.191 e. The summed E-state index contributed by atoms with van der Waals surface area (Å²) >= 11 is 0. The van der Waals surface area contributed by atoms with Crippen LogP contribution in [0.15, 0.2) is 33.8 Å². The van der Waals surface area contributed by atoms with E-state index in [0.717, 1.165) is 48.2 Å². The van der Waals surface area contributed by atoms with Crippen LogP contribution in [0.3, 0.4) is 0 Å². The van der Waals surface area contributed by atoms with Crippen molar-refractivity contribution in [1.82, 2.24) is 15.8 Å². The Kier molecular flexibility index (Phi) is 10.2. The van der Waals surface area contributed by atoms with E-state index in [1.165, 1.54) is 5.56 Å². The van der Waals surface area contributed by atoms with Gasteiger partial charge in [-0.3, -0.25) is 4.99 Å². The van der Waals surface area contributed by atoms with E-state index in [0.29, 0.717) is 6.54 Å². The van der Waals surface area contributed by atoms with E-state index in [1.807, 2.05) is 32.0 Å². The van der Waals surface area contributed by atoms with Crippen molar-refractivity contribution in [2.24, 2.45) is 4.99 Å². The number of aromatic nitrogens is 1. The monoisotopic (exact) mass is 486 g/mol. The second kappa shape index (κ2) is 11.8. The number of hydrogen-bond acceptors (Lipinski definition) is 4. The molecule has 0 bridgehead atoms. The fraction of sp³-hybridized carbons (Fsp3) is 0.500. The van der Waals surface area contributed by atoms with Crippen molar-refractivity contribution in [3.05, 3.63) is 46.8 Å². The third-order valence-electron chi connectivity index (χ3n) is 4.33. The molecule has 0 fully saturated rings. The Labute approximate surface area is 179 Å². The number of methoxy groups -OCH3 is 1. The zero-order valence-corrected chi connectivity index (χ0v) is 19.2. The summed E-state index contributed by atoms with van der Waals surface area (Å²) in [6, 6.07) is 8.09. The molecule has 6 nitrogen and oxygen atoms in total. The van der Waals surface area contributed by atoms with E-state index in [2.05, 4.69) is 35.7 Å². The topological polar surface area (TPSA) is 71.7 Å². The average molecular weight is 486 g/mol. The fourth-order valence-corrected chi connectivity index (χ4v) is 3.08. The number of aryl methyl sites for hydroxylation is 2. The molecule has 0 aliphatic carbocycles. The number of guanidine groups is 1. The predicted octanol–water partition coefficient (Wildman–Crippen LogP) is 3.82. The van der Waals surface area contributed by atoms with E-state index in [9.17, 15) is 0 Å². The van der Waals surface area contributed by atoms with Crippen LogP contribution in [0, 0.1) is 13.8 Å². The van der Waals surface area contributed by atoms with Crippen molar-refractivity contribution >= 4 is 29.9 Å². The molecule has 2 aromatic rings. The van der Waals surface area contributed by atoms with Crippen molar-refractivity contribution in [3.63, 3.8) is 0 Å². The quantitative estimate of drug-likeness (QED) is 0.337. The first-order valence-corrected chi connectivity index (χ1v) is 9.13. The lowest BCUT2D eigenvalue weighted by Gasteiger charge is -2.14.